The molecule has 0 radical (unpaired) electrons. The van der Waals surface area contributed by atoms with Gasteiger partial charge in [0.2, 0.25) is 0 Å². The van der Waals surface area contributed by atoms with Crippen LogP contribution in [-0.2, 0) is 5.92 Å². The number of aromatic nitrogens is 4. The lowest BCUT2D eigenvalue weighted by molar-refractivity contribution is -0.400. The Morgan fingerprint density at radius 2 is 1.43 bits per heavy atom. The molecule has 0 bridgehead atoms. The second kappa shape index (κ2) is 4.85. The molecule has 23 heavy (non-hydrogen) atoms. The number of halogens is 10. The summed E-state index contributed by atoms with van der Waals surface area (Å²) < 4.78 is 115. The first kappa shape index (κ1) is 17.6. The SMILES string of the molecule is FC(F)(F)C(F)(F)C(F)(F)C(F)(F)c1nc2ncnc(Cl)c2[nH]1. The van der Waals surface area contributed by atoms with Crippen molar-refractivity contribution < 1.29 is 39.5 Å². The van der Waals surface area contributed by atoms with Crippen LogP contribution in [0.3, 0.4) is 0 Å². The molecule has 14 heteroatoms. The normalized spacial score (nSPS) is 14.5. The van der Waals surface area contributed by atoms with Crippen molar-refractivity contribution in [2.45, 2.75) is 23.9 Å². The van der Waals surface area contributed by atoms with Crippen molar-refractivity contribution in [1.82, 2.24) is 19.9 Å². The van der Waals surface area contributed by atoms with E-state index in [2.05, 4.69) is 15.0 Å². The van der Waals surface area contributed by atoms with Gasteiger partial charge in [-0.25, -0.2) is 15.0 Å². The maximum atomic E-state index is 13.6. The summed E-state index contributed by atoms with van der Waals surface area (Å²) in [6.45, 7) is 0. The average Bonchev–Trinajstić information content (AvgIpc) is 2.83. The molecule has 2 aromatic heterocycles. The number of fused-ring (bicyclic) bond motifs is 1. The van der Waals surface area contributed by atoms with Gasteiger partial charge in [-0.1, -0.05) is 11.6 Å². The Hall–Kier alpha value is -1.79. The first-order valence-corrected chi connectivity index (χ1v) is 5.68. The molecule has 0 spiro atoms. The Balaban J connectivity index is 2.61. The highest BCUT2D eigenvalue weighted by atomic mass is 35.5. The molecular formula is C9H2ClF9N4. The highest BCUT2D eigenvalue weighted by Crippen LogP contribution is 2.56. The van der Waals surface area contributed by atoms with E-state index in [-0.39, 0.29) is 0 Å². The molecule has 0 amide bonds. The van der Waals surface area contributed by atoms with Crippen molar-refractivity contribution >= 4 is 22.8 Å². The van der Waals surface area contributed by atoms with E-state index < -0.39 is 46.1 Å². The van der Waals surface area contributed by atoms with Crippen LogP contribution < -0.4 is 0 Å². The van der Waals surface area contributed by atoms with Crippen molar-refractivity contribution in [1.29, 1.82) is 0 Å². The molecule has 0 aliphatic carbocycles. The molecule has 0 aliphatic heterocycles. The molecule has 128 valence electrons. The third-order valence-electron chi connectivity index (χ3n) is 2.68. The quantitative estimate of drug-likeness (QED) is 0.656. The highest BCUT2D eigenvalue weighted by Gasteiger charge is 2.82. The van der Waals surface area contributed by atoms with Crippen LogP contribution in [0, 0.1) is 0 Å². The molecule has 4 nitrogen and oxygen atoms in total. The van der Waals surface area contributed by atoms with Gasteiger partial charge in [-0.05, 0) is 0 Å². The highest BCUT2D eigenvalue weighted by molar-refractivity contribution is 6.33. The first-order chi connectivity index (χ1) is 10.2. The fourth-order valence-corrected chi connectivity index (χ4v) is 1.65. The molecule has 1 N–H and O–H groups in total. The number of nitrogens with zero attached hydrogens (tertiary/aromatic N) is 3. The van der Waals surface area contributed by atoms with Crippen LogP contribution in [0.1, 0.15) is 5.82 Å². The Bertz CT molecular complexity index is 738. The summed E-state index contributed by atoms with van der Waals surface area (Å²) >= 11 is 5.41. The fraction of sp³-hybridized carbons (Fsp3) is 0.444. The molecule has 0 saturated heterocycles. The number of imidazole rings is 1. The minimum Gasteiger partial charge on any atom is -0.333 e. The topological polar surface area (TPSA) is 54.5 Å². The summed E-state index contributed by atoms with van der Waals surface area (Å²) in [5, 5.41) is -0.574. The molecule has 2 aromatic rings. The number of rotatable bonds is 3. The lowest BCUT2D eigenvalue weighted by Gasteiger charge is -2.32. The Morgan fingerprint density at radius 3 is 1.91 bits per heavy atom. The summed E-state index contributed by atoms with van der Waals surface area (Å²) in [5.74, 6) is -22.0. The van der Waals surface area contributed by atoms with Crippen LogP contribution in [0.4, 0.5) is 39.5 Å². The van der Waals surface area contributed by atoms with E-state index in [0.717, 1.165) is 0 Å². The summed E-state index contributed by atoms with van der Waals surface area (Å²) in [4.78, 5) is 10.7. The van der Waals surface area contributed by atoms with Gasteiger partial charge in [0, 0.05) is 0 Å². The smallest absolute Gasteiger partial charge is 0.333 e. The van der Waals surface area contributed by atoms with E-state index >= 15 is 0 Å². The van der Waals surface area contributed by atoms with Crippen molar-refractivity contribution in [3.63, 3.8) is 0 Å². The number of alkyl halides is 9. The van der Waals surface area contributed by atoms with Gasteiger partial charge < -0.3 is 4.98 Å². The van der Waals surface area contributed by atoms with Crippen molar-refractivity contribution in [3.05, 3.63) is 17.3 Å². The average molecular weight is 373 g/mol. The summed E-state index contributed by atoms with van der Waals surface area (Å²) in [6.07, 6.45) is -6.22. The summed E-state index contributed by atoms with van der Waals surface area (Å²) in [6, 6.07) is 0. The van der Waals surface area contributed by atoms with Gasteiger partial charge in [-0.2, -0.15) is 39.5 Å². The third-order valence-corrected chi connectivity index (χ3v) is 2.97. The molecule has 0 aromatic carbocycles. The van der Waals surface area contributed by atoms with Crippen molar-refractivity contribution in [2.75, 3.05) is 0 Å². The minimum atomic E-state index is -7.02. The Labute approximate surface area is 124 Å². The van der Waals surface area contributed by atoms with Gasteiger partial charge in [0.1, 0.15) is 11.8 Å². The zero-order valence-electron chi connectivity index (χ0n) is 10.2. The van der Waals surface area contributed by atoms with E-state index in [1.165, 1.54) is 4.98 Å². The van der Waals surface area contributed by atoms with E-state index in [9.17, 15) is 39.5 Å². The predicted molar refractivity (Wildman–Crippen MR) is 56.5 cm³/mol. The maximum Gasteiger partial charge on any atom is 0.460 e. The zero-order chi connectivity index (χ0) is 17.8. The van der Waals surface area contributed by atoms with E-state index in [1.807, 2.05) is 0 Å². The standard InChI is InChI=1S/C9H2ClF9N4/c10-3-2-4(21-1-20-3)23-5(22-2)6(11,12)7(13,14)8(15,16)9(17,18)19/h1H,(H,20,21,22,23). The number of nitrogens with one attached hydrogen (secondary N) is 1. The molecular weight excluding hydrogens is 371 g/mol. The van der Waals surface area contributed by atoms with E-state index in [4.69, 9.17) is 11.6 Å². The second-order valence-corrected chi connectivity index (χ2v) is 4.53. The van der Waals surface area contributed by atoms with Gasteiger partial charge in [0.05, 0.1) is 0 Å². The number of hydrogen-bond donors (Lipinski definition) is 1. The van der Waals surface area contributed by atoms with Crippen LogP contribution in [-0.4, -0.2) is 38.0 Å². The van der Waals surface area contributed by atoms with Crippen LogP contribution in [0.2, 0.25) is 5.15 Å². The molecule has 0 atom stereocenters. The number of hydrogen-bond acceptors (Lipinski definition) is 3. The lowest BCUT2D eigenvalue weighted by atomic mass is 10.0. The fourth-order valence-electron chi connectivity index (χ4n) is 1.47. The van der Waals surface area contributed by atoms with E-state index in [1.54, 1.807) is 0 Å². The van der Waals surface area contributed by atoms with Gasteiger partial charge >= 0.3 is 23.9 Å². The zero-order valence-corrected chi connectivity index (χ0v) is 11.0. The number of aromatic amines is 1. The van der Waals surface area contributed by atoms with Crippen LogP contribution in [0.5, 0.6) is 0 Å². The van der Waals surface area contributed by atoms with Gasteiger partial charge in [-0.15, -0.1) is 0 Å². The molecule has 0 fully saturated rings. The first-order valence-electron chi connectivity index (χ1n) is 5.30. The second-order valence-electron chi connectivity index (χ2n) is 4.17. The van der Waals surface area contributed by atoms with Crippen LogP contribution in [0.15, 0.2) is 6.33 Å². The Kier molecular flexibility index (Phi) is 3.70. The molecule has 0 saturated carbocycles. The monoisotopic (exact) mass is 372 g/mol. The van der Waals surface area contributed by atoms with Crippen molar-refractivity contribution in [2.24, 2.45) is 0 Å². The largest absolute Gasteiger partial charge is 0.460 e. The lowest BCUT2D eigenvalue weighted by Crippen LogP contribution is -2.59. The molecule has 0 unspecified atom stereocenters. The third kappa shape index (κ3) is 2.37. The van der Waals surface area contributed by atoms with Crippen LogP contribution in [0.25, 0.3) is 11.2 Å². The summed E-state index contributed by atoms with van der Waals surface area (Å²) in [7, 11) is 0. The predicted octanol–water partition coefficient (Wildman–Crippen LogP) is 3.93. The van der Waals surface area contributed by atoms with E-state index in [0.29, 0.717) is 6.33 Å². The van der Waals surface area contributed by atoms with Gasteiger partial charge in [-0.3, -0.25) is 0 Å². The molecule has 2 rings (SSSR count). The van der Waals surface area contributed by atoms with Gasteiger partial charge in [0.25, 0.3) is 0 Å². The minimum absolute atomic E-state index is 0.574. The number of H-pyrrole nitrogens is 1. The van der Waals surface area contributed by atoms with Gasteiger partial charge in [0.15, 0.2) is 16.6 Å². The molecule has 2 heterocycles. The maximum absolute atomic E-state index is 13.6. The van der Waals surface area contributed by atoms with Crippen molar-refractivity contribution in [3.8, 4) is 0 Å². The Morgan fingerprint density at radius 1 is 0.870 bits per heavy atom. The van der Waals surface area contributed by atoms with Crippen LogP contribution >= 0.6 is 11.6 Å². The summed E-state index contributed by atoms with van der Waals surface area (Å²) in [5.41, 5.74) is -1.35. The molecule has 0 aliphatic rings.